The maximum Gasteiger partial charge on any atom is 0.128 e. The van der Waals surface area contributed by atoms with Gasteiger partial charge in [0, 0.05) is 10.6 Å². The molecule has 2 rings (SSSR count). The number of nitrogens with one attached hydrogen (secondary N) is 1. The smallest absolute Gasteiger partial charge is 0.128 e. The number of halogens is 2. The highest BCUT2D eigenvalue weighted by Crippen LogP contribution is 2.27. The van der Waals surface area contributed by atoms with Crippen molar-refractivity contribution in [1.29, 1.82) is 0 Å². The fraction of sp³-hybridized carbons (Fsp3) is 0.333. The van der Waals surface area contributed by atoms with Gasteiger partial charge in [0.1, 0.15) is 5.82 Å². The molecule has 0 bridgehead atoms. The van der Waals surface area contributed by atoms with Gasteiger partial charge in [0.05, 0.1) is 6.04 Å². The van der Waals surface area contributed by atoms with Crippen LogP contribution in [0.3, 0.4) is 0 Å². The lowest BCUT2D eigenvalue weighted by Gasteiger charge is -2.18. The Bertz CT molecular complexity index is 580. The van der Waals surface area contributed by atoms with E-state index in [0.29, 0.717) is 10.6 Å². The minimum absolute atomic E-state index is 0.191. The molecule has 0 spiro atoms. The molecule has 112 valence electrons. The summed E-state index contributed by atoms with van der Waals surface area (Å²) in [6.07, 6.45) is 3.47. The first-order valence-corrected chi connectivity index (χ1v) is 7.74. The summed E-state index contributed by atoms with van der Waals surface area (Å²) < 4.78 is 14.0. The van der Waals surface area contributed by atoms with Crippen molar-refractivity contribution in [1.82, 2.24) is 5.32 Å². The van der Waals surface area contributed by atoms with E-state index in [9.17, 15) is 4.39 Å². The zero-order valence-corrected chi connectivity index (χ0v) is 13.3. The monoisotopic (exact) mass is 305 g/mol. The van der Waals surface area contributed by atoms with Gasteiger partial charge in [-0.2, -0.15) is 0 Å². The summed E-state index contributed by atoms with van der Waals surface area (Å²) in [5, 5.41) is 3.71. The molecule has 0 aliphatic heterocycles. The maximum atomic E-state index is 14.0. The van der Waals surface area contributed by atoms with Crippen molar-refractivity contribution in [2.45, 2.75) is 32.2 Å². The lowest BCUT2D eigenvalue weighted by molar-refractivity contribution is 0.576. The zero-order valence-electron chi connectivity index (χ0n) is 12.5. The van der Waals surface area contributed by atoms with Gasteiger partial charge in [0.15, 0.2) is 0 Å². The molecule has 1 unspecified atom stereocenters. The Morgan fingerprint density at radius 1 is 1.14 bits per heavy atom. The number of rotatable bonds is 6. The fourth-order valence-electron chi connectivity index (χ4n) is 2.50. The maximum absolute atomic E-state index is 14.0. The zero-order chi connectivity index (χ0) is 15.2. The van der Waals surface area contributed by atoms with E-state index in [0.717, 1.165) is 12.0 Å². The lowest BCUT2D eigenvalue weighted by atomic mass is 9.96. The molecule has 1 N–H and O–H groups in total. The molecule has 0 fully saturated rings. The highest BCUT2D eigenvalue weighted by Gasteiger charge is 2.16. The fourth-order valence-corrected chi connectivity index (χ4v) is 2.68. The minimum atomic E-state index is -0.242. The van der Waals surface area contributed by atoms with E-state index in [1.165, 1.54) is 24.5 Å². The van der Waals surface area contributed by atoms with Crippen LogP contribution in [0.4, 0.5) is 4.39 Å². The van der Waals surface area contributed by atoms with Crippen molar-refractivity contribution in [3.8, 4) is 0 Å². The average molecular weight is 306 g/mol. The van der Waals surface area contributed by atoms with Crippen LogP contribution in [0, 0.1) is 5.82 Å². The van der Waals surface area contributed by atoms with E-state index in [4.69, 9.17) is 11.6 Å². The van der Waals surface area contributed by atoms with Crippen molar-refractivity contribution in [2.24, 2.45) is 0 Å². The Morgan fingerprint density at radius 2 is 1.86 bits per heavy atom. The lowest BCUT2D eigenvalue weighted by Crippen LogP contribution is -2.19. The second kappa shape index (κ2) is 7.58. The Labute approximate surface area is 131 Å². The molecule has 0 heterocycles. The molecular formula is C18H21ClFN. The largest absolute Gasteiger partial charge is 0.309 e. The van der Waals surface area contributed by atoms with Crippen LogP contribution in [0.15, 0.2) is 42.5 Å². The van der Waals surface area contributed by atoms with Crippen molar-refractivity contribution in [2.75, 3.05) is 7.05 Å². The Morgan fingerprint density at radius 3 is 2.48 bits per heavy atom. The van der Waals surface area contributed by atoms with Gasteiger partial charge in [-0.25, -0.2) is 4.39 Å². The third-order valence-corrected chi connectivity index (χ3v) is 3.92. The van der Waals surface area contributed by atoms with Gasteiger partial charge in [0.25, 0.3) is 0 Å². The molecule has 0 aliphatic carbocycles. The molecule has 0 aromatic heterocycles. The Hall–Kier alpha value is -1.38. The standard InChI is InChI=1S/C18H21ClFN/c1-3-4-5-13-6-8-14(9-7-13)18(21-2)16-12-15(19)10-11-17(16)20/h6-12,18,21H,3-5H2,1-2H3. The summed E-state index contributed by atoms with van der Waals surface area (Å²) in [5.41, 5.74) is 2.94. The molecule has 2 aromatic carbocycles. The van der Waals surface area contributed by atoms with Crippen molar-refractivity contribution in [3.05, 3.63) is 70.0 Å². The summed E-state index contributed by atoms with van der Waals surface area (Å²) in [6.45, 7) is 2.19. The molecule has 0 saturated carbocycles. The van der Waals surface area contributed by atoms with Crippen LogP contribution < -0.4 is 5.32 Å². The normalized spacial score (nSPS) is 12.4. The molecule has 3 heteroatoms. The molecule has 21 heavy (non-hydrogen) atoms. The third-order valence-electron chi connectivity index (χ3n) is 3.69. The van der Waals surface area contributed by atoms with Crippen LogP contribution in [-0.4, -0.2) is 7.05 Å². The van der Waals surface area contributed by atoms with E-state index < -0.39 is 0 Å². The van der Waals surface area contributed by atoms with Crippen LogP contribution in [0.1, 0.15) is 42.5 Å². The van der Waals surface area contributed by atoms with Gasteiger partial charge < -0.3 is 5.32 Å². The SMILES string of the molecule is CCCCc1ccc(C(NC)c2cc(Cl)ccc2F)cc1. The van der Waals surface area contributed by atoms with E-state index in [2.05, 4.69) is 36.5 Å². The van der Waals surface area contributed by atoms with Crippen molar-refractivity contribution < 1.29 is 4.39 Å². The van der Waals surface area contributed by atoms with Crippen LogP contribution in [0.2, 0.25) is 5.02 Å². The second-order valence-corrected chi connectivity index (χ2v) is 5.67. The summed E-state index contributed by atoms with van der Waals surface area (Å²) in [6, 6.07) is 12.8. The highest BCUT2D eigenvalue weighted by atomic mass is 35.5. The molecule has 0 amide bonds. The van der Waals surface area contributed by atoms with E-state index in [1.807, 2.05) is 7.05 Å². The van der Waals surface area contributed by atoms with Crippen LogP contribution in [0.5, 0.6) is 0 Å². The van der Waals surface area contributed by atoms with Gasteiger partial charge in [-0.15, -0.1) is 0 Å². The first kappa shape index (κ1) is 16.0. The number of unbranched alkanes of at least 4 members (excludes halogenated alkanes) is 1. The summed E-state index contributed by atoms with van der Waals surface area (Å²) in [4.78, 5) is 0. The van der Waals surface area contributed by atoms with E-state index in [1.54, 1.807) is 12.1 Å². The Kier molecular flexibility index (Phi) is 5.77. The van der Waals surface area contributed by atoms with Crippen LogP contribution in [0.25, 0.3) is 0 Å². The molecule has 2 aromatic rings. The summed E-state index contributed by atoms with van der Waals surface area (Å²) in [7, 11) is 1.83. The predicted octanol–water partition coefficient (Wildman–Crippen LogP) is 5.13. The molecule has 0 aliphatic rings. The summed E-state index contributed by atoms with van der Waals surface area (Å²) >= 11 is 5.99. The average Bonchev–Trinajstić information content (AvgIpc) is 2.50. The summed E-state index contributed by atoms with van der Waals surface area (Å²) in [5.74, 6) is -0.242. The third kappa shape index (κ3) is 4.05. The molecule has 0 radical (unpaired) electrons. The number of hydrogen-bond acceptors (Lipinski definition) is 1. The molecule has 0 saturated heterocycles. The van der Waals surface area contributed by atoms with Gasteiger partial charge in [-0.05, 0) is 49.2 Å². The minimum Gasteiger partial charge on any atom is -0.309 e. The first-order chi connectivity index (χ1) is 10.2. The van der Waals surface area contributed by atoms with Crippen molar-refractivity contribution in [3.63, 3.8) is 0 Å². The van der Waals surface area contributed by atoms with Crippen molar-refractivity contribution >= 4 is 11.6 Å². The van der Waals surface area contributed by atoms with Gasteiger partial charge in [-0.3, -0.25) is 0 Å². The van der Waals surface area contributed by atoms with Crippen LogP contribution in [-0.2, 0) is 6.42 Å². The van der Waals surface area contributed by atoms with Gasteiger partial charge in [0.2, 0.25) is 0 Å². The number of benzene rings is 2. The highest BCUT2D eigenvalue weighted by molar-refractivity contribution is 6.30. The quantitative estimate of drug-likeness (QED) is 0.780. The molecule has 1 nitrogen and oxygen atoms in total. The predicted molar refractivity (Wildman–Crippen MR) is 87.4 cm³/mol. The van der Waals surface area contributed by atoms with Gasteiger partial charge >= 0.3 is 0 Å². The van der Waals surface area contributed by atoms with E-state index >= 15 is 0 Å². The number of hydrogen-bond donors (Lipinski definition) is 1. The van der Waals surface area contributed by atoms with E-state index in [-0.39, 0.29) is 11.9 Å². The van der Waals surface area contributed by atoms with Gasteiger partial charge in [-0.1, -0.05) is 49.2 Å². The number of aryl methyl sites for hydroxylation is 1. The first-order valence-electron chi connectivity index (χ1n) is 7.36. The molecule has 1 atom stereocenters. The molecular weight excluding hydrogens is 285 g/mol. The van der Waals surface area contributed by atoms with Crippen LogP contribution >= 0.6 is 11.6 Å². The second-order valence-electron chi connectivity index (χ2n) is 5.23. The topological polar surface area (TPSA) is 12.0 Å². The Balaban J connectivity index is 2.26.